The molecule has 2 heterocycles. The lowest BCUT2D eigenvalue weighted by Crippen LogP contribution is -2.49. The maximum atomic E-state index is 13.3. The van der Waals surface area contributed by atoms with Crippen LogP contribution in [0.4, 0.5) is 21.0 Å². The number of hydrogen-bond donors (Lipinski definition) is 4. The molecule has 35 heavy (non-hydrogen) atoms. The molecule has 4 N–H and O–H groups in total. The van der Waals surface area contributed by atoms with Gasteiger partial charge in [0.05, 0.1) is 12.2 Å². The van der Waals surface area contributed by atoms with Gasteiger partial charge < -0.3 is 24.9 Å². The van der Waals surface area contributed by atoms with Gasteiger partial charge in [-0.1, -0.05) is 11.6 Å². The molecule has 1 fully saturated rings. The number of nitrogens with zero attached hydrogens (tertiary/aromatic N) is 1. The van der Waals surface area contributed by atoms with Crippen molar-refractivity contribution in [2.24, 2.45) is 0 Å². The average molecular weight is 501 g/mol. The van der Waals surface area contributed by atoms with Gasteiger partial charge >= 0.3 is 12.2 Å². The first-order chi connectivity index (χ1) is 16.7. The molecule has 4 amide bonds. The molecule has 0 bridgehead atoms. The van der Waals surface area contributed by atoms with E-state index in [9.17, 15) is 24.0 Å². The van der Waals surface area contributed by atoms with Crippen molar-refractivity contribution in [1.29, 1.82) is 0 Å². The van der Waals surface area contributed by atoms with Crippen LogP contribution in [0, 0.1) is 0 Å². The van der Waals surface area contributed by atoms with Gasteiger partial charge in [0, 0.05) is 41.2 Å². The first-order valence-electron chi connectivity index (χ1n) is 10.6. The van der Waals surface area contributed by atoms with Crippen LogP contribution in [0.5, 0.6) is 0 Å². The Morgan fingerprint density at radius 2 is 1.97 bits per heavy atom. The van der Waals surface area contributed by atoms with Crippen LogP contribution in [-0.2, 0) is 19.9 Å². The topological polar surface area (TPSA) is 154 Å². The molecule has 0 unspecified atom stereocenters. The third-order valence-corrected chi connectivity index (χ3v) is 6.11. The molecule has 11 nitrogen and oxygen atoms in total. The lowest BCUT2D eigenvalue weighted by atomic mass is 9.90. The number of likely N-dealkylation sites (tertiary alicyclic amines) is 1. The van der Waals surface area contributed by atoms with Crippen molar-refractivity contribution in [2.75, 3.05) is 23.7 Å². The van der Waals surface area contributed by atoms with E-state index in [0.717, 1.165) is 0 Å². The Labute approximate surface area is 204 Å². The van der Waals surface area contributed by atoms with E-state index >= 15 is 0 Å². The molecule has 2 aliphatic rings. The van der Waals surface area contributed by atoms with Crippen molar-refractivity contribution in [1.82, 2.24) is 10.2 Å². The third-order valence-electron chi connectivity index (χ3n) is 5.87. The van der Waals surface area contributed by atoms with Gasteiger partial charge in [0.15, 0.2) is 5.60 Å². The number of ether oxygens (including phenoxy) is 1. The van der Waals surface area contributed by atoms with Crippen molar-refractivity contribution in [2.45, 2.75) is 24.5 Å². The SMILES string of the molecule is O=CC[C@H](NC(=O)c1ccc(NC(=O)O)cc1)C(=O)N1CC[C@@]2(C1)OC(=O)Nc1ccc(Cl)cc12. The predicted molar refractivity (Wildman–Crippen MR) is 124 cm³/mol. The average Bonchev–Trinajstić information content (AvgIpc) is 3.23. The molecule has 2 aromatic rings. The summed E-state index contributed by atoms with van der Waals surface area (Å²) < 4.78 is 5.62. The number of nitrogens with one attached hydrogen (secondary N) is 3. The van der Waals surface area contributed by atoms with Crippen molar-refractivity contribution in [3.05, 3.63) is 58.6 Å². The van der Waals surface area contributed by atoms with Gasteiger partial charge in [-0.15, -0.1) is 0 Å². The zero-order valence-electron chi connectivity index (χ0n) is 18.2. The second kappa shape index (κ2) is 9.63. The summed E-state index contributed by atoms with van der Waals surface area (Å²) in [5, 5.41) is 16.5. The number of amides is 4. The highest BCUT2D eigenvalue weighted by atomic mass is 35.5. The summed E-state index contributed by atoms with van der Waals surface area (Å²) in [5.74, 6) is -1.10. The summed E-state index contributed by atoms with van der Waals surface area (Å²) in [7, 11) is 0. The number of hydrogen-bond acceptors (Lipinski definition) is 6. The van der Waals surface area contributed by atoms with Gasteiger partial charge in [-0.05, 0) is 42.5 Å². The first-order valence-corrected chi connectivity index (χ1v) is 11.0. The lowest BCUT2D eigenvalue weighted by molar-refractivity contribution is -0.134. The number of carboxylic acid groups (broad SMARTS) is 1. The number of benzene rings is 2. The molecule has 0 aliphatic carbocycles. The fourth-order valence-corrected chi connectivity index (χ4v) is 4.42. The molecule has 4 rings (SSSR count). The molecule has 1 saturated heterocycles. The largest absolute Gasteiger partial charge is 0.465 e. The van der Waals surface area contributed by atoms with E-state index in [2.05, 4.69) is 16.0 Å². The second-order valence-corrected chi connectivity index (χ2v) is 8.58. The number of anilines is 2. The molecular weight excluding hydrogens is 480 g/mol. The van der Waals surface area contributed by atoms with Gasteiger partial charge in [0.1, 0.15) is 12.3 Å². The van der Waals surface area contributed by atoms with E-state index in [1.165, 1.54) is 29.2 Å². The van der Waals surface area contributed by atoms with E-state index < -0.39 is 35.6 Å². The second-order valence-electron chi connectivity index (χ2n) is 8.14. The Morgan fingerprint density at radius 1 is 1.23 bits per heavy atom. The number of carbonyl (C=O) groups excluding carboxylic acids is 4. The van der Waals surface area contributed by atoms with Gasteiger partial charge in [-0.2, -0.15) is 0 Å². The zero-order chi connectivity index (χ0) is 25.2. The van der Waals surface area contributed by atoms with Crippen LogP contribution in [0.2, 0.25) is 5.02 Å². The molecule has 2 aromatic carbocycles. The molecular formula is C23H21ClN4O7. The van der Waals surface area contributed by atoms with Crippen molar-refractivity contribution in [3.63, 3.8) is 0 Å². The summed E-state index contributed by atoms with van der Waals surface area (Å²) in [5.41, 5.74) is 0.540. The standard InChI is InChI=1S/C23H21ClN4O7/c24-14-3-6-17-16(11-14)23(35-22(34)27-17)8-9-28(12-23)20(31)18(7-10-29)26-19(30)13-1-4-15(5-2-13)25-21(32)33/h1-6,10-11,18,25H,7-9,12H2,(H,26,30)(H,27,34)(H,32,33)/t18-,23-/m0/s1. The predicted octanol–water partition coefficient (Wildman–Crippen LogP) is 2.81. The van der Waals surface area contributed by atoms with E-state index in [1.54, 1.807) is 18.2 Å². The summed E-state index contributed by atoms with van der Waals surface area (Å²) in [6.07, 6.45) is -1.29. The molecule has 0 aromatic heterocycles. The highest BCUT2D eigenvalue weighted by Gasteiger charge is 2.49. The number of rotatable bonds is 6. The van der Waals surface area contributed by atoms with Crippen LogP contribution in [0.15, 0.2) is 42.5 Å². The fourth-order valence-electron chi connectivity index (χ4n) is 4.25. The van der Waals surface area contributed by atoms with Crippen LogP contribution < -0.4 is 16.0 Å². The van der Waals surface area contributed by atoms with E-state index in [1.807, 2.05) is 0 Å². The maximum Gasteiger partial charge on any atom is 0.412 e. The number of fused-ring (bicyclic) bond motifs is 2. The summed E-state index contributed by atoms with van der Waals surface area (Å²) in [4.78, 5) is 61.5. The molecule has 2 aliphatic heterocycles. The Bertz CT molecular complexity index is 1200. The minimum Gasteiger partial charge on any atom is -0.465 e. The Kier molecular flexibility index (Phi) is 6.61. The highest BCUT2D eigenvalue weighted by molar-refractivity contribution is 6.30. The van der Waals surface area contributed by atoms with Crippen LogP contribution in [0.1, 0.15) is 28.8 Å². The summed E-state index contributed by atoms with van der Waals surface area (Å²) in [6.45, 7) is 0.270. The van der Waals surface area contributed by atoms with E-state index in [4.69, 9.17) is 21.4 Å². The fraction of sp³-hybridized carbons (Fsp3) is 0.261. The molecule has 1 spiro atoms. The summed E-state index contributed by atoms with van der Waals surface area (Å²) >= 11 is 6.15. The van der Waals surface area contributed by atoms with E-state index in [-0.39, 0.29) is 30.8 Å². The molecule has 2 atom stereocenters. The lowest BCUT2D eigenvalue weighted by Gasteiger charge is -2.35. The van der Waals surface area contributed by atoms with Crippen LogP contribution in [0.25, 0.3) is 0 Å². The highest BCUT2D eigenvalue weighted by Crippen LogP contribution is 2.43. The normalized spacial score (nSPS) is 19.2. The van der Waals surface area contributed by atoms with Gasteiger partial charge in [0.25, 0.3) is 5.91 Å². The maximum absolute atomic E-state index is 13.3. The summed E-state index contributed by atoms with van der Waals surface area (Å²) in [6, 6.07) is 9.43. The Balaban J connectivity index is 1.49. The monoisotopic (exact) mass is 500 g/mol. The zero-order valence-corrected chi connectivity index (χ0v) is 19.0. The van der Waals surface area contributed by atoms with Gasteiger partial charge in [-0.3, -0.25) is 20.2 Å². The van der Waals surface area contributed by atoms with Crippen LogP contribution >= 0.6 is 11.6 Å². The molecule has 182 valence electrons. The quantitative estimate of drug-likeness (QED) is 0.444. The van der Waals surface area contributed by atoms with Gasteiger partial charge in [0.2, 0.25) is 5.91 Å². The van der Waals surface area contributed by atoms with Crippen molar-refractivity contribution >= 4 is 53.3 Å². The number of aldehydes is 1. The molecule has 0 saturated carbocycles. The first kappa shape index (κ1) is 24.0. The van der Waals surface area contributed by atoms with Crippen molar-refractivity contribution in [3.8, 4) is 0 Å². The molecule has 12 heteroatoms. The minimum atomic E-state index is -1.24. The Morgan fingerprint density at radius 3 is 2.66 bits per heavy atom. The van der Waals surface area contributed by atoms with Crippen LogP contribution in [0.3, 0.4) is 0 Å². The smallest absolute Gasteiger partial charge is 0.412 e. The minimum absolute atomic E-state index is 0.0351. The van der Waals surface area contributed by atoms with Gasteiger partial charge in [-0.25, -0.2) is 9.59 Å². The van der Waals surface area contributed by atoms with Crippen molar-refractivity contribution < 1.29 is 33.8 Å². The Hall–Kier alpha value is -4.12. The third kappa shape index (κ3) is 5.04. The molecule has 0 radical (unpaired) electrons. The number of carbonyl (C=O) groups is 5. The number of halogens is 1. The van der Waals surface area contributed by atoms with Crippen LogP contribution in [-0.4, -0.2) is 59.4 Å². The van der Waals surface area contributed by atoms with E-state index in [0.29, 0.717) is 29.0 Å².